The van der Waals surface area contributed by atoms with Crippen molar-refractivity contribution in [2.45, 2.75) is 0 Å². The maximum Gasteiger partial charge on any atom is 0.250 e. The lowest BCUT2D eigenvalue weighted by molar-refractivity contribution is 0.100. The standard InChI is InChI=1S/C15H12N4O2/c1-19-5-2-9(8-13(19)20)11-6-10(15(16)21)7-12-14(11)18-4-3-17-12/h2-8H,1H3,(H2,16,21). The number of hydrogen-bond donors (Lipinski definition) is 1. The Morgan fingerprint density at radius 2 is 1.95 bits per heavy atom. The molecular formula is C15H12N4O2. The van der Waals surface area contributed by atoms with E-state index in [1.165, 1.54) is 10.6 Å². The fourth-order valence-corrected chi connectivity index (χ4v) is 2.15. The first kappa shape index (κ1) is 13.0. The number of fused-ring (bicyclic) bond motifs is 1. The molecule has 0 aliphatic rings. The first-order valence-electron chi connectivity index (χ1n) is 6.28. The van der Waals surface area contributed by atoms with Gasteiger partial charge in [-0.15, -0.1) is 0 Å². The van der Waals surface area contributed by atoms with Crippen LogP contribution in [-0.4, -0.2) is 20.4 Å². The zero-order valence-corrected chi connectivity index (χ0v) is 11.3. The third kappa shape index (κ3) is 2.27. The molecule has 0 aliphatic heterocycles. The van der Waals surface area contributed by atoms with Crippen LogP contribution in [0.25, 0.3) is 22.2 Å². The second kappa shape index (κ2) is 4.82. The number of primary amides is 1. The van der Waals surface area contributed by atoms with Crippen LogP contribution >= 0.6 is 0 Å². The quantitative estimate of drug-likeness (QED) is 0.760. The van der Waals surface area contributed by atoms with Crippen molar-refractivity contribution in [1.29, 1.82) is 0 Å². The Bertz CT molecular complexity index is 915. The maximum absolute atomic E-state index is 11.8. The summed E-state index contributed by atoms with van der Waals surface area (Å²) in [6.07, 6.45) is 4.77. The van der Waals surface area contributed by atoms with Crippen LogP contribution in [0.1, 0.15) is 10.4 Å². The molecule has 0 saturated heterocycles. The first-order valence-corrected chi connectivity index (χ1v) is 6.28. The van der Waals surface area contributed by atoms with Gasteiger partial charge in [-0.2, -0.15) is 0 Å². The number of nitrogens with two attached hydrogens (primary N) is 1. The largest absolute Gasteiger partial charge is 0.366 e. The number of rotatable bonds is 2. The summed E-state index contributed by atoms with van der Waals surface area (Å²) in [6.45, 7) is 0. The van der Waals surface area contributed by atoms with Crippen LogP contribution in [0.15, 0.2) is 47.7 Å². The molecule has 2 heterocycles. The van der Waals surface area contributed by atoms with Crippen LogP contribution in [0.4, 0.5) is 0 Å². The number of hydrogen-bond acceptors (Lipinski definition) is 4. The number of benzene rings is 1. The van der Waals surface area contributed by atoms with E-state index in [1.807, 2.05) is 0 Å². The molecule has 6 nitrogen and oxygen atoms in total. The lowest BCUT2D eigenvalue weighted by atomic mass is 10.0. The highest BCUT2D eigenvalue weighted by atomic mass is 16.1. The van der Waals surface area contributed by atoms with Crippen LogP contribution < -0.4 is 11.3 Å². The molecule has 2 N–H and O–H groups in total. The first-order chi connectivity index (χ1) is 10.1. The van der Waals surface area contributed by atoms with Crippen molar-refractivity contribution in [3.05, 3.63) is 58.8 Å². The highest BCUT2D eigenvalue weighted by Crippen LogP contribution is 2.26. The molecule has 2 aromatic heterocycles. The van der Waals surface area contributed by atoms with E-state index < -0.39 is 5.91 Å². The normalized spacial score (nSPS) is 10.7. The van der Waals surface area contributed by atoms with Gasteiger partial charge in [0.1, 0.15) is 0 Å². The van der Waals surface area contributed by atoms with Gasteiger partial charge in [0.25, 0.3) is 5.56 Å². The molecule has 3 aromatic rings. The number of amides is 1. The van der Waals surface area contributed by atoms with Gasteiger partial charge in [-0.1, -0.05) is 0 Å². The number of aryl methyl sites for hydroxylation is 1. The average Bonchev–Trinajstić information content (AvgIpc) is 2.49. The molecule has 0 fully saturated rings. The van der Waals surface area contributed by atoms with Crippen LogP contribution in [0.5, 0.6) is 0 Å². The number of pyridine rings is 1. The summed E-state index contributed by atoms with van der Waals surface area (Å²) < 4.78 is 1.47. The van der Waals surface area contributed by atoms with Crippen LogP contribution in [0.2, 0.25) is 0 Å². The van der Waals surface area contributed by atoms with Crippen LogP contribution in [-0.2, 0) is 7.05 Å². The van der Waals surface area contributed by atoms with Gasteiger partial charge in [-0.25, -0.2) is 0 Å². The fourth-order valence-electron chi connectivity index (χ4n) is 2.15. The Kier molecular flexibility index (Phi) is 2.98. The van der Waals surface area contributed by atoms with E-state index in [0.717, 1.165) is 0 Å². The third-order valence-corrected chi connectivity index (χ3v) is 3.27. The summed E-state index contributed by atoms with van der Waals surface area (Å²) in [5, 5.41) is 0. The minimum absolute atomic E-state index is 0.144. The zero-order chi connectivity index (χ0) is 15.0. The van der Waals surface area contributed by atoms with Crippen molar-refractivity contribution in [2.24, 2.45) is 12.8 Å². The van der Waals surface area contributed by atoms with Crippen molar-refractivity contribution >= 4 is 16.9 Å². The third-order valence-electron chi connectivity index (χ3n) is 3.27. The molecule has 0 unspecified atom stereocenters. The summed E-state index contributed by atoms with van der Waals surface area (Å²) in [5.41, 5.74) is 8.05. The minimum atomic E-state index is -0.548. The summed E-state index contributed by atoms with van der Waals surface area (Å²) in [5.74, 6) is -0.548. The molecule has 0 radical (unpaired) electrons. The Morgan fingerprint density at radius 1 is 1.19 bits per heavy atom. The molecule has 0 bridgehead atoms. The van der Waals surface area contributed by atoms with Gasteiger partial charge in [0.05, 0.1) is 11.0 Å². The van der Waals surface area contributed by atoms with E-state index in [9.17, 15) is 9.59 Å². The van der Waals surface area contributed by atoms with Crippen LogP contribution in [0.3, 0.4) is 0 Å². The SMILES string of the molecule is Cn1ccc(-c2cc(C(N)=O)cc3nccnc23)cc1=O. The summed E-state index contributed by atoms with van der Waals surface area (Å²) in [7, 11) is 1.67. The highest BCUT2D eigenvalue weighted by Gasteiger charge is 2.11. The summed E-state index contributed by atoms with van der Waals surface area (Å²) >= 11 is 0. The van der Waals surface area contributed by atoms with Gasteiger partial charge < -0.3 is 10.3 Å². The summed E-state index contributed by atoms with van der Waals surface area (Å²) in [6, 6.07) is 6.51. The average molecular weight is 280 g/mol. The Labute approximate surface area is 119 Å². The molecule has 1 amide bonds. The summed E-state index contributed by atoms with van der Waals surface area (Å²) in [4.78, 5) is 31.7. The maximum atomic E-state index is 11.8. The number of carbonyl (C=O) groups excluding carboxylic acids is 1. The Morgan fingerprint density at radius 3 is 2.67 bits per heavy atom. The van der Waals surface area contributed by atoms with E-state index in [2.05, 4.69) is 9.97 Å². The van der Waals surface area contributed by atoms with Gasteiger partial charge in [-0.05, 0) is 23.8 Å². The molecule has 6 heteroatoms. The molecule has 0 atom stereocenters. The molecule has 0 saturated carbocycles. The molecule has 3 rings (SSSR count). The van der Waals surface area contributed by atoms with Crippen molar-refractivity contribution in [3.63, 3.8) is 0 Å². The van der Waals surface area contributed by atoms with Crippen molar-refractivity contribution < 1.29 is 4.79 Å². The molecule has 0 spiro atoms. The number of aromatic nitrogens is 3. The fraction of sp³-hybridized carbons (Fsp3) is 0.0667. The minimum Gasteiger partial charge on any atom is -0.366 e. The van der Waals surface area contributed by atoms with E-state index in [4.69, 9.17) is 5.73 Å². The second-order valence-electron chi connectivity index (χ2n) is 4.68. The molecular weight excluding hydrogens is 268 g/mol. The van der Waals surface area contributed by atoms with E-state index in [1.54, 1.807) is 43.8 Å². The molecule has 1 aromatic carbocycles. The predicted molar refractivity (Wildman–Crippen MR) is 78.7 cm³/mol. The molecule has 104 valence electrons. The van der Waals surface area contributed by atoms with Crippen LogP contribution in [0, 0.1) is 0 Å². The van der Waals surface area contributed by atoms with E-state index >= 15 is 0 Å². The smallest absolute Gasteiger partial charge is 0.250 e. The lowest BCUT2D eigenvalue weighted by Crippen LogP contribution is -2.14. The van der Waals surface area contributed by atoms with E-state index in [-0.39, 0.29) is 5.56 Å². The molecule has 21 heavy (non-hydrogen) atoms. The molecule has 0 aliphatic carbocycles. The Hall–Kier alpha value is -3.02. The monoisotopic (exact) mass is 280 g/mol. The second-order valence-corrected chi connectivity index (χ2v) is 4.68. The predicted octanol–water partition coefficient (Wildman–Crippen LogP) is 1.09. The van der Waals surface area contributed by atoms with Crippen molar-refractivity contribution in [3.8, 4) is 11.1 Å². The van der Waals surface area contributed by atoms with Gasteiger partial charge in [0, 0.05) is 42.8 Å². The van der Waals surface area contributed by atoms with Gasteiger partial charge in [0.15, 0.2) is 0 Å². The topological polar surface area (TPSA) is 90.9 Å². The Balaban J connectivity index is 2.36. The zero-order valence-electron chi connectivity index (χ0n) is 11.3. The highest BCUT2D eigenvalue weighted by molar-refractivity contribution is 6.01. The lowest BCUT2D eigenvalue weighted by Gasteiger charge is -2.08. The number of nitrogens with zero attached hydrogens (tertiary/aromatic N) is 3. The number of carbonyl (C=O) groups is 1. The van der Waals surface area contributed by atoms with Gasteiger partial charge in [0.2, 0.25) is 5.91 Å². The van der Waals surface area contributed by atoms with Crippen molar-refractivity contribution in [1.82, 2.24) is 14.5 Å². The van der Waals surface area contributed by atoms with E-state index in [0.29, 0.717) is 27.7 Å². The van der Waals surface area contributed by atoms with Gasteiger partial charge in [-0.3, -0.25) is 19.6 Å². The van der Waals surface area contributed by atoms with Crippen molar-refractivity contribution in [2.75, 3.05) is 0 Å². The van der Waals surface area contributed by atoms with Gasteiger partial charge >= 0.3 is 0 Å².